The first-order valence-electron chi connectivity index (χ1n) is 10.2. The third kappa shape index (κ3) is 4.18. The van der Waals surface area contributed by atoms with Gasteiger partial charge in [-0.25, -0.2) is 10.9 Å². The molecule has 0 spiro atoms. The Morgan fingerprint density at radius 2 is 1.86 bits per heavy atom. The van der Waals surface area contributed by atoms with Crippen LogP contribution < -0.4 is 10.6 Å². The second kappa shape index (κ2) is 8.72. The monoisotopic (exact) mass is 376 g/mol. The van der Waals surface area contributed by atoms with E-state index < -0.39 is 0 Å². The summed E-state index contributed by atoms with van der Waals surface area (Å²) < 4.78 is 6.11. The maximum Gasteiger partial charge on any atom is 0.130 e. The van der Waals surface area contributed by atoms with Crippen molar-refractivity contribution in [3.8, 4) is 5.75 Å². The number of aromatic nitrogens is 1. The van der Waals surface area contributed by atoms with Crippen molar-refractivity contribution in [2.45, 2.75) is 57.7 Å². The van der Waals surface area contributed by atoms with Crippen LogP contribution in [0.3, 0.4) is 0 Å². The van der Waals surface area contributed by atoms with Crippen LogP contribution in [0.15, 0.2) is 54.6 Å². The predicted molar refractivity (Wildman–Crippen MR) is 112 cm³/mol. The van der Waals surface area contributed by atoms with Crippen LogP contribution in [0.4, 0.5) is 0 Å². The van der Waals surface area contributed by atoms with Gasteiger partial charge >= 0.3 is 0 Å². The summed E-state index contributed by atoms with van der Waals surface area (Å²) in [6.07, 6.45) is 6.23. The fourth-order valence-corrected chi connectivity index (χ4v) is 4.20. The highest BCUT2D eigenvalue weighted by Gasteiger charge is 2.22. The average Bonchev–Trinajstić information content (AvgIpc) is 2.77. The van der Waals surface area contributed by atoms with E-state index in [1.165, 1.54) is 43.2 Å². The van der Waals surface area contributed by atoms with Crippen LogP contribution in [0.25, 0.3) is 10.9 Å². The van der Waals surface area contributed by atoms with Crippen LogP contribution in [0.1, 0.15) is 67.9 Å². The van der Waals surface area contributed by atoms with E-state index in [4.69, 9.17) is 20.5 Å². The van der Waals surface area contributed by atoms with E-state index in [1.54, 1.807) is 0 Å². The Morgan fingerprint density at radius 3 is 2.68 bits per heavy atom. The van der Waals surface area contributed by atoms with Crippen LogP contribution in [0, 0.1) is 0 Å². The molecule has 0 amide bonds. The molecule has 3 aromatic rings. The zero-order valence-corrected chi connectivity index (χ0v) is 16.4. The molecule has 4 nitrogen and oxygen atoms in total. The second-order valence-electron chi connectivity index (χ2n) is 7.69. The lowest BCUT2D eigenvalue weighted by molar-refractivity contribution is 0.0653. The molecule has 4 heteroatoms. The van der Waals surface area contributed by atoms with E-state index >= 15 is 0 Å². The molecule has 0 saturated heterocycles. The molecule has 146 valence electrons. The lowest BCUT2D eigenvalue weighted by Crippen LogP contribution is -2.13. The van der Waals surface area contributed by atoms with Crippen LogP contribution >= 0.6 is 0 Å². The van der Waals surface area contributed by atoms with Gasteiger partial charge in [0, 0.05) is 5.39 Å². The van der Waals surface area contributed by atoms with E-state index in [0.717, 1.165) is 22.3 Å². The van der Waals surface area contributed by atoms with E-state index in [1.807, 2.05) is 37.3 Å². The number of rotatable bonds is 6. The van der Waals surface area contributed by atoms with Gasteiger partial charge in [-0.05, 0) is 61.1 Å². The molecule has 1 aromatic heterocycles. The number of hydrogen-bond acceptors (Lipinski definition) is 4. The SMILES string of the molecule is CC(ON)c1ccc(OCc2ccc3ccccc3n2)cc1C1CCCCC1. The van der Waals surface area contributed by atoms with Crippen molar-refractivity contribution in [3.05, 3.63) is 71.4 Å². The van der Waals surface area contributed by atoms with E-state index in [0.29, 0.717) is 12.5 Å². The standard InChI is InChI=1S/C24H28N2O2/c1-17(28-25)22-14-13-21(15-23(22)18-7-3-2-4-8-18)27-16-20-12-11-19-9-5-6-10-24(19)26-20/h5-6,9-15,17-18H,2-4,7-8,16,25H2,1H3. The number of nitrogens with zero attached hydrogens (tertiary/aromatic N) is 1. The van der Waals surface area contributed by atoms with Gasteiger partial charge in [0.05, 0.1) is 11.2 Å². The molecule has 0 aliphatic heterocycles. The summed E-state index contributed by atoms with van der Waals surface area (Å²) in [5, 5.41) is 1.14. The fourth-order valence-electron chi connectivity index (χ4n) is 4.20. The van der Waals surface area contributed by atoms with Gasteiger partial charge in [-0.3, -0.25) is 4.84 Å². The number of nitrogens with two attached hydrogens (primary N) is 1. The molecule has 1 heterocycles. The van der Waals surface area contributed by atoms with E-state index in [-0.39, 0.29) is 6.10 Å². The number of fused-ring (bicyclic) bond motifs is 1. The van der Waals surface area contributed by atoms with Gasteiger partial charge in [0.15, 0.2) is 0 Å². The minimum atomic E-state index is -0.117. The Morgan fingerprint density at radius 1 is 1.04 bits per heavy atom. The zero-order valence-electron chi connectivity index (χ0n) is 16.4. The molecule has 1 saturated carbocycles. The summed E-state index contributed by atoms with van der Waals surface area (Å²) in [6.45, 7) is 2.46. The lowest BCUT2D eigenvalue weighted by Gasteiger charge is -2.26. The summed E-state index contributed by atoms with van der Waals surface area (Å²) in [4.78, 5) is 9.83. The summed E-state index contributed by atoms with van der Waals surface area (Å²) in [6, 6.07) is 18.6. The molecule has 1 unspecified atom stereocenters. The molecule has 2 aromatic carbocycles. The molecule has 28 heavy (non-hydrogen) atoms. The number of para-hydroxylation sites is 1. The minimum absolute atomic E-state index is 0.117. The normalized spacial score (nSPS) is 16.2. The van der Waals surface area contributed by atoms with Gasteiger partial charge in [0.2, 0.25) is 0 Å². The van der Waals surface area contributed by atoms with Crippen LogP contribution in [-0.4, -0.2) is 4.98 Å². The number of hydrogen-bond donors (Lipinski definition) is 1. The molecule has 1 aliphatic rings. The van der Waals surface area contributed by atoms with Crippen molar-refractivity contribution in [2.75, 3.05) is 0 Å². The van der Waals surface area contributed by atoms with Gasteiger partial charge < -0.3 is 4.74 Å². The molecule has 0 bridgehead atoms. The number of ether oxygens (including phenoxy) is 1. The van der Waals surface area contributed by atoms with Crippen molar-refractivity contribution in [2.24, 2.45) is 5.90 Å². The fraction of sp³-hybridized carbons (Fsp3) is 0.375. The highest BCUT2D eigenvalue weighted by molar-refractivity contribution is 5.78. The van der Waals surface area contributed by atoms with Crippen molar-refractivity contribution < 1.29 is 9.57 Å². The Bertz CT molecular complexity index is 935. The van der Waals surface area contributed by atoms with Crippen molar-refractivity contribution in [3.63, 3.8) is 0 Å². The molecule has 1 atom stereocenters. The Kier molecular flexibility index (Phi) is 5.89. The number of benzene rings is 2. The third-order valence-corrected chi connectivity index (χ3v) is 5.79. The molecule has 4 rings (SSSR count). The van der Waals surface area contributed by atoms with Crippen LogP contribution in [0.5, 0.6) is 5.75 Å². The quantitative estimate of drug-likeness (QED) is 0.551. The smallest absolute Gasteiger partial charge is 0.130 e. The van der Waals surface area contributed by atoms with Crippen LogP contribution in [0.2, 0.25) is 0 Å². The summed E-state index contributed by atoms with van der Waals surface area (Å²) in [5.74, 6) is 6.92. The maximum atomic E-state index is 6.11. The van der Waals surface area contributed by atoms with Gasteiger partial charge in [-0.1, -0.05) is 49.6 Å². The molecule has 1 aliphatic carbocycles. The first kappa shape index (κ1) is 18.9. The highest BCUT2D eigenvalue weighted by Crippen LogP contribution is 2.38. The molecule has 1 fully saturated rings. The first-order chi connectivity index (χ1) is 13.7. The largest absolute Gasteiger partial charge is 0.487 e. The Balaban J connectivity index is 1.54. The summed E-state index contributed by atoms with van der Waals surface area (Å²) in [7, 11) is 0. The highest BCUT2D eigenvalue weighted by atomic mass is 16.6. The van der Waals surface area contributed by atoms with Gasteiger partial charge in [-0.15, -0.1) is 0 Å². The Labute approximate surface area is 166 Å². The van der Waals surface area contributed by atoms with E-state index in [9.17, 15) is 0 Å². The van der Waals surface area contributed by atoms with Crippen LogP contribution in [-0.2, 0) is 11.4 Å². The summed E-state index contributed by atoms with van der Waals surface area (Å²) in [5.41, 5.74) is 4.42. The topological polar surface area (TPSA) is 57.4 Å². The maximum absolute atomic E-state index is 6.11. The molecular weight excluding hydrogens is 348 g/mol. The zero-order chi connectivity index (χ0) is 19.3. The predicted octanol–water partition coefficient (Wildman–Crippen LogP) is 5.81. The summed E-state index contributed by atoms with van der Waals surface area (Å²) >= 11 is 0. The Hall–Kier alpha value is -2.43. The molecular formula is C24H28N2O2. The van der Waals surface area contributed by atoms with Gasteiger partial charge in [-0.2, -0.15) is 0 Å². The van der Waals surface area contributed by atoms with Crippen molar-refractivity contribution >= 4 is 10.9 Å². The van der Waals surface area contributed by atoms with Gasteiger partial charge in [0.25, 0.3) is 0 Å². The molecule has 0 radical (unpaired) electrons. The third-order valence-electron chi connectivity index (χ3n) is 5.79. The van der Waals surface area contributed by atoms with E-state index in [2.05, 4.69) is 24.3 Å². The average molecular weight is 377 g/mol. The first-order valence-corrected chi connectivity index (χ1v) is 10.2. The lowest BCUT2D eigenvalue weighted by atomic mass is 9.81. The van der Waals surface area contributed by atoms with Crippen molar-refractivity contribution in [1.82, 2.24) is 4.98 Å². The minimum Gasteiger partial charge on any atom is -0.487 e. The molecule has 2 N–H and O–H groups in total. The second-order valence-corrected chi connectivity index (χ2v) is 7.69. The van der Waals surface area contributed by atoms with Gasteiger partial charge in [0.1, 0.15) is 18.5 Å². The number of pyridine rings is 1. The van der Waals surface area contributed by atoms with Crippen molar-refractivity contribution in [1.29, 1.82) is 0 Å².